The van der Waals surface area contributed by atoms with Gasteiger partial charge in [0.1, 0.15) is 0 Å². The van der Waals surface area contributed by atoms with E-state index in [0.717, 1.165) is 35.2 Å². The molecule has 0 spiro atoms. The van der Waals surface area contributed by atoms with Crippen LogP contribution in [0.15, 0.2) is 0 Å². The predicted molar refractivity (Wildman–Crippen MR) is 198 cm³/mol. The minimum absolute atomic E-state index is 0. The van der Waals surface area contributed by atoms with E-state index in [9.17, 15) is 0 Å². The summed E-state index contributed by atoms with van der Waals surface area (Å²) in [5.41, 5.74) is 2.07. The summed E-state index contributed by atoms with van der Waals surface area (Å²) >= 11 is 0. The van der Waals surface area contributed by atoms with Crippen LogP contribution in [0.25, 0.3) is 0 Å². The molecule has 0 aromatic heterocycles. The third-order valence-electron chi connectivity index (χ3n) is 10.6. The van der Waals surface area contributed by atoms with Crippen LogP contribution in [-0.2, 0) is 34.1 Å². The van der Waals surface area contributed by atoms with Gasteiger partial charge < -0.3 is 0 Å². The molecule has 0 aromatic rings. The number of nitrogens with zero attached hydrogens (tertiary/aromatic N) is 2. The van der Waals surface area contributed by atoms with Crippen LogP contribution < -0.4 is 0 Å². The van der Waals surface area contributed by atoms with Crippen molar-refractivity contribution in [2.45, 2.75) is 140 Å². The Morgan fingerprint density at radius 2 is 0.667 bits per heavy atom. The van der Waals surface area contributed by atoms with Gasteiger partial charge in [-0.05, 0) is 146 Å². The molecule has 0 bridgehead atoms. The Kier molecular flexibility index (Phi) is 29.7. The van der Waals surface area contributed by atoms with Crippen LogP contribution >= 0.6 is 32.0 Å². The van der Waals surface area contributed by atoms with E-state index in [-0.39, 0.29) is 66.1 Å². The molecular formula is C34H74Fe2N2P4. The van der Waals surface area contributed by atoms with E-state index in [2.05, 4.69) is 90.6 Å². The van der Waals surface area contributed by atoms with Crippen LogP contribution in [0.3, 0.4) is 0 Å². The molecule has 0 heterocycles. The first-order chi connectivity index (χ1) is 18.9. The van der Waals surface area contributed by atoms with Crippen molar-refractivity contribution in [1.29, 1.82) is 0 Å². The average Bonchev–Trinajstić information content (AvgIpc) is 3.75. The molecule has 4 rings (SSSR count). The topological polar surface area (TPSA) is 6.48 Å². The van der Waals surface area contributed by atoms with E-state index in [0.29, 0.717) is 0 Å². The minimum Gasteiger partial charge on any atom is -0.282 e. The van der Waals surface area contributed by atoms with Gasteiger partial charge in [0.25, 0.3) is 0 Å². The van der Waals surface area contributed by atoms with Crippen LogP contribution in [0.4, 0.5) is 0 Å². The SMILES string of the molecule is C1CCCC1.C1CCCC1.CC(C1CCCC1P(C)C)N(C)P(C)C.CC(C1CCCC1P(C)C)N(C)P(C)C.[Fe].[Fe]. The fourth-order valence-corrected chi connectivity index (χ4v) is 12.9. The fraction of sp³-hybridized carbons (Fsp3) is 1.00. The van der Waals surface area contributed by atoms with Gasteiger partial charge in [0.2, 0.25) is 0 Å². The molecule has 4 saturated carbocycles. The van der Waals surface area contributed by atoms with E-state index in [1.165, 1.54) is 103 Å². The maximum Gasteiger partial charge on any atom is 0.0137 e. The first-order valence-electron chi connectivity index (χ1n) is 17.0. The van der Waals surface area contributed by atoms with E-state index in [4.69, 9.17) is 0 Å². The predicted octanol–water partition coefficient (Wildman–Crippen LogP) is 11.6. The third-order valence-corrected chi connectivity index (χ3v) is 17.8. The van der Waals surface area contributed by atoms with Crippen molar-refractivity contribution in [3.63, 3.8) is 0 Å². The Balaban J connectivity index is 0. The standard InChI is InChI=1S/2C12H27NP2.2C5H10.2Fe/c2*1-10(13(2)15(5)6)11-8-7-9-12(11)14(3)4;2*1-2-4-5-3-1;;/h2*10-12H,7-9H2,1-6H3;2*1-5H2;;. The van der Waals surface area contributed by atoms with Gasteiger partial charge in [-0.25, -0.2) is 0 Å². The maximum atomic E-state index is 2.62. The molecule has 256 valence electrons. The second kappa shape index (κ2) is 26.6. The number of hydrogen-bond donors (Lipinski definition) is 0. The monoisotopic (exact) mass is 746 g/mol. The van der Waals surface area contributed by atoms with E-state index < -0.39 is 0 Å². The van der Waals surface area contributed by atoms with Gasteiger partial charge in [-0.3, -0.25) is 9.34 Å². The quantitative estimate of drug-likeness (QED) is 0.180. The van der Waals surface area contributed by atoms with Gasteiger partial charge >= 0.3 is 0 Å². The molecule has 6 atom stereocenters. The van der Waals surface area contributed by atoms with Crippen molar-refractivity contribution in [3.05, 3.63) is 0 Å². The van der Waals surface area contributed by atoms with Gasteiger partial charge in [0.05, 0.1) is 0 Å². The number of rotatable bonds is 8. The summed E-state index contributed by atoms with van der Waals surface area (Å²) in [5, 5.41) is 0. The first-order valence-corrected chi connectivity index (χ1v) is 26.0. The van der Waals surface area contributed by atoms with E-state index >= 15 is 0 Å². The zero-order valence-electron chi connectivity index (χ0n) is 30.2. The summed E-state index contributed by atoms with van der Waals surface area (Å²) in [5.74, 6) is 1.95. The van der Waals surface area contributed by atoms with Crippen LogP contribution in [0.2, 0.25) is 0 Å². The van der Waals surface area contributed by atoms with Crippen molar-refractivity contribution in [1.82, 2.24) is 9.34 Å². The van der Waals surface area contributed by atoms with Crippen LogP contribution in [0, 0.1) is 11.8 Å². The van der Waals surface area contributed by atoms with Crippen LogP contribution in [-0.4, -0.2) is 100 Å². The van der Waals surface area contributed by atoms with Crippen molar-refractivity contribution >= 4 is 32.0 Å². The molecule has 0 radical (unpaired) electrons. The molecule has 0 aromatic carbocycles. The molecule has 0 N–H and O–H groups in total. The summed E-state index contributed by atoms with van der Waals surface area (Å²) in [6.45, 7) is 24.2. The molecule has 2 nitrogen and oxygen atoms in total. The fourth-order valence-electron chi connectivity index (χ4n) is 7.40. The largest absolute Gasteiger partial charge is 0.282 e. The van der Waals surface area contributed by atoms with Gasteiger partial charge in [0.15, 0.2) is 0 Å². The van der Waals surface area contributed by atoms with Crippen molar-refractivity contribution < 1.29 is 34.1 Å². The smallest absolute Gasteiger partial charge is 0.0137 e. The molecule has 4 aliphatic rings. The van der Waals surface area contributed by atoms with E-state index in [1.807, 2.05) is 0 Å². The summed E-state index contributed by atoms with van der Waals surface area (Å²) < 4.78 is 5.24. The number of hydrogen-bond acceptors (Lipinski definition) is 2. The summed E-state index contributed by atoms with van der Waals surface area (Å²) in [7, 11) is 5.33. The average molecular weight is 747 g/mol. The van der Waals surface area contributed by atoms with Crippen molar-refractivity contribution in [2.24, 2.45) is 11.8 Å². The van der Waals surface area contributed by atoms with Gasteiger partial charge in [-0.15, -0.1) is 15.8 Å². The molecule has 6 unspecified atom stereocenters. The molecule has 8 heteroatoms. The minimum atomic E-state index is 0. The van der Waals surface area contributed by atoms with Crippen molar-refractivity contribution in [2.75, 3.05) is 67.4 Å². The Labute approximate surface area is 293 Å². The van der Waals surface area contributed by atoms with Crippen molar-refractivity contribution in [3.8, 4) is 0 Å². The zero-order chi connectivity index (χ0) is 30.2. The van der Waals surface area contributed by atoms with Gasteiger partial charge in [-0.2, -0.15) is 0 Å². The summed E-state index contributed by atoms with van der Waals surface area (Å²) in [6, 6.07) is 1.59. The van der Waals surface area contributed by atoms with Gasteiger partial charge in [0, 0.05) is 46.2 Å². The second-order valence-electron chi connectivity index (χ2n) is 14.1. The second-order valence-corrected chi connectivity index (χ2v) is 23.9. The molecule has 0 amide bonds. The normalized spacial score (nSPS) is 26.7. The third kappa shape index (κ3) is 17.7. The first kappa shape index (κ1) is 46.8. The molecule has 42 heavy (non-hydrogen) atoms. The van der Waals surface area contributed by atoms with E-state index in [1.54, 1.807) is 0 Å². The summed E-state index contributed by atoms with van der Waals surface area (Å²) in [4.78, 5) is 0. The molecule has 4 aliphatic carbocycles. The maximum absolute atomic E-state index is 2.62. The molecule has 0 saturated heterocycles. The Bertz CT molecular complexity index is 551. The molecular weight excluding hydrogens is 672 g/mol. The Morgan fingerprint density at radius 1 is 0.429 bits per heavy atom. The zero-order valence-corrected chi connectivity index (χ0v) is 36.0. The van der Waals surface area contributed by atoms with Crippen LogP contribution in [0.1, 0.15) is 117 Å². The Morgan fingerprint density at radius 3 is 0.857 bits per heavy atom. The molecule has 4 fully saturated rings. The van der Waals surface area contributed by atoms with Gasteiger partial charge in [-0.1, -0.05) is 77.0 Å². The van der Waals surface area contributed by atoms with Crippen LogP contribution in [0.5, 0.6) is 0 Å². The Hall–Kier alpha value is 2.68. The summed E-state index contributed by atoms with van der Waals surface area (Å²) in [6.07, 6.45) is 23.9. The molecule has 0 aliphatic heterocycles.